The summed E-state index contributed by atoms with van der Waals surface area (Å²) in [4.78, 5) is 19.5. The number of ether oxygens (including phenoxy) is 1. The van der Waals surface area contributed by atoms with E-state index in [0.29, 0.717) is 23.5 Å². The minimum absolute atomic E-state index is 0.0890. The molecule has 5 rings (SSSR count). The number of amides is 1. The van der Waals surface area contributed by atoms with Crippen molar-refractivity contribution in [3.05, 3.63) is 78.1 Å². The van der Waals surface area contributed by atoms with Gasteiger partial charge in [-0.3, -0.25) is 9.69 Å². The van der Waals surface area contributed by atoms with Crippen LogP contribution in [-0.4, -0.2) is 54.4 Å². The summed E-state index contributed by atoms with van der Waals surface area (Å²) >= 11 is 0. The third-order valence-electron chi connectivity index (χ3n) is 6.44. The molecule has 0 saturated carbocycles. The Hall–Kier alpha value is -3.69. The molecule has 1 radical (unpaired) electrons. The first-order valence-electron chi connectivity index (χ1n) is 11.8. The Kier molecular flexibility index (Phi) is 6.51. The standard InChI is InChI=1S/C27H27N4O4S/c1-19-7-9-22(10-8-19)36(33,34)31-14-11-23-25(26(28)32)24(18-29-27(23)31)20-5-4-6-21(17-20)35-16-15-30-12-2-3-13-30/h4-10,14,17-18H,2-3,12-13,15-16H2,1H3,(H2,28,32). The first-order valence-corrected chi connectivity index (χ1v) is 13.3. The van der Waals surface area contributed by atoms with E-state index in [2.05, 4.69) is 16.0 Å². The zero-order valence-corrected chi connectivity index (χ0v) is 20.8. The summed E-state index contributed by atoms with van der Waals surface area (Å²) in [7, 11) is -3.94. The lowest BCUT2D eigenvalue weighted by molar-refractivity contribution is 0.100. The monoisotopic (exact) mass is 503 g/mol. The van der Waals surface area contributed by atoms with Crippen LogP contribution in [0.5, 0.6) is 5.75 Å². The number of pyridine rings is 1. The van der Waals surface area contributed by atoms with Crippen LogP contribution >= 0.6 is 0 Å². The molecule has 0 atom stereocenters. The van der Waals surface area contributed by atoms with Crippen LogP contribution < -0.4 is 10.5 Å². The fourth-order valence-electron chi connectivity index (χ4n) is 4.52. The lowest BCUT2D eigenvalue weighted by Gasteiger charge is -2.15. The van der Waals surface area contributed by atoms with Gasteiger partial charge in [-0.1, -0.05) is 29.8 Å². The van der Waals surface area contributed by atoms with Crippen molar-refractivity contribution in [2.75, 3.05) is 26.2 Å². The first kappa shape index (κ1) is 24.0. The highest BCUT2D eigenvalue weighted by molar-refractivity contribution is 7.90. The highest BCUT2D eigenvalue weighted by Crippen LogP contribution is 2.32. The number of rotatable bonds is 8. The summed E-state index contributed by atoms with van der Waals surface area (Å²) < 4.78 is 33.5. The summed E-state index contributed by atoms with van der Waals surface area (Å²) in [6.07, 6.45) is 5.21. The molecular weight excluding hydrogens is 476 g/mol. The van der Waals surface area contributed by atoms with Crippen LogP contribution in [0.15, 0.2) is 65.8 Å². The Labute approximate surface area is 210 Å². The van der Waals surface area contributed by atoms with E-state index in [1.54, 1.807) is 12.1 Å². The van der Waals surface area contributed by atoms with Gasteiger partial charge in [0.25, 0.3) is 10.0 Å². The molecule has 2 aromatic carbocycles. The second kappa shape index (κ2) is 9.75. The van der Waals surface area contributed by atoms with E-state index >= 15 is 0 Å². The Morgan fingerprint density at radius 2 is 1.89 bits per heavy atom. The Morgan fingerprint density at radius 1 is 1.14 bits per heavy atom. The maximum Gasteiger partial charge on any atom is 0.269 e. The van der Waals surface area contributed by atoms with Gasteiger partial charge in [-0.2, -0.15) is 0 Å². The molecule has 2 N–H and O–H groups in total. The second-order valence-corrected chi connectivity index (χ2v) is 10.7. The third-order valence-corrected chi connectivity index (χ3v) is 8.10. The summed E-state index contributed by atoms with van der Waals surface area (Å²) in [5.74, 6) is -0.0230. The summed E-state index contributed by atoms with van der Waals surface area (Å²) in [5, 5.41) is 0.246. The van der Waals surface area contributed by atoms with Gasteiger partial charge in [0.1, 0.15) is 12.4 Å². The Morgan fingerprint density at radius 3 is 2.61 bits per heavy atom. The van der Waals surface area contributed by atoms with Crippen LogP contribution in [0.2, 0.25) is 0 Å². The minimum atomic E-state index is -3.94. The molecule has 1 saturated heterocycles. The highest BCUT2D eigenvalue weighted by Gasteiger charge is 2.24. The number of aryl methyl sites for hydroxylation is 1. The highest BCUT2D eigenvalue weighted by atomic mass is 32.2. The van der Waals surface area contributed by atoms with Crippen LogP contribution in [0.25, 0.3) is 22.2 Å². The predicted molar refractivity (Wildman–Crippen MR) is 137 cm³/mol. The molecule has 0 spiro atoms. The average Bonchev–Trinajstić information content (AvgIpc) is 3.54. The second-order valence-electron chi connectivity index (χ2n) is 8.92. The topological polar surface area (TPSA) is 108 Å². The van der Waals surface area contributed by atoms with Gasteiger partial charge in [-0.05, 0) is 62.7 Å². The van der Waals surface area contributed by atoms with Gasteiger partial charge in [0.2, 0.25) is 5.91 Å². The molecule has 1 aliphatic rings. The third kappa shape index (κ3) is 4.59. The first-order chi connectivity index (χ1) is 17.3. The van der Waals surface area contributed by atoms with E-state index in [9.17, 15) is 13.2 Å². The summed E-state index contributed by atoms with van der Waals surface area (Å²) in [5.41, 5.74) is 8.14. The maximum absolute atomic E-state index is 13.3. The number of fused-ring (bicyclic) bond motifs is 1. The van der Waals surface area contributed by atoms with Crippen LogP contribution in [0.4, 0.5) is 0 Å². The van der Waals surface area contributed by atoms with Crippen molar-refractivity contribution < 1.29 is 17.9 Å². The molecule has 0 unspecified atom stereocenters. The fourth-order valence-corrected chi connectivity index (χ4v) is 5.79. The van der Waals surface area contributed by atoms with E-state index in [4.69, 9.17) is 10.5 Å². The van der Waals surface area contributed by atoms with Crippen molar-refractivity contribution in [2.24, 2.45) is 5.73 Å². The normalized spacial score (nSPS) is 14.4. The number of benzene rings is 2. The molecule has 4 aromatic rings. The van der Waals surface area contributed by atoms with Crippen LogP contribution in [-0.2, 0) is 10.0 Å². The number of nitrogens with two attached hydrogens (primary N) is 1. The maximum atomic E-state index is 13.3. The molecule has 1 aliphatic heterocycles. The van der Waals surface area contributed by atoms with Crippen molar-refractivity contribution in [1.82, 2.24) is 13.9 Å². The molecule has 9 heteroatoms. The summed E-state index contributed by atoms with van der Waals surface area (Å²) in [6.45, 7) is 5.52. The lowest BCUT2D eigenvalue weighted by Crippen LogP contribution is -2.25. The number of hydrogen-bond donors (Lipinski definition) is 1. The fraction of sp³-hybridized carbons (Fsp3) is 0.259. The van der Waals surface area contributed by atoms with E-state index in [1.807, 2.05) is 31.2 Å². The molecule has 1 amide bonds. The number of carbonyl (C=O) groups excluding carboxylic acids is 1. The molecule has 0 aliphatic carbocycles. The van der Waals surface area contributed by atoms with Crippen LogP contribution in [0.3, 0.4) is 0 Å². The zero-order chi connectivity index (χ0) is 25.3. The lowest BCUT2D eigenvalue weighted by atomic mass is 9.99. The molecular formula is C27H27N4O4S. The minimum Gasteiger partial charge on any atom is -0.492 e. The van der Waals surface area contributed by atoms with Gasteiger partial charge in [0, 0.05) is 36.0 Å². The van der Waals surface area contributed by atoms with Crippen molar-refractivity contribution >= 4 is 27.0 Å². The number of nitrogens with zero attached hydrogens (tertiary/aromatic N) is 3. The summed E-state index contributed by atoms with van der Waals surface area (Å²) in [6, 6.07) is 16.8. The van der Waals surface area contributed by atoms with Gasteiger partial charge in [-0.15, -0.1) is 0 Å². The number of aromatic nitrogens is 2. The van der Waals surface area contributed by atoms with Gasteiger partial charge in [-0.25, -0.2) is 17.4 Å². The van der Waals surface area contributed by atoms with Crippen molar-refractivity contribution in [1.29, 1.82) is 0 Å². The molecule has 2 aromatic heterocycles. The van der Waals surface area contributed by atoms with Gasteiger partial charge < -0.3 is 10.5 Å². The van der Waals surface area contributed by atoms with E-state index < -0.39 is 15.9 Å². The van der Waals surface area contributed by atoms with Gasteiger partial charge in [0.15, 0.2) is 5.65 Å². The smallest absolute Gasteiger partial charge is 0.269 e. The largest absolute Gasteiger partial charge is 0.492 e. The van der Waals surface area contributed by atoms with Crippen molar-refractivity contribution in [2.45, 2.75) is 24.7 Å². The van der Waals surface area contributed by atoms with Gasteiger partial charge in [0.05, 0.1) is 10.5 Å². The molecule has 1 fully saturated rings. The molecule has 36 heavy (non-hydrogen) atoms. The van der Waals surface area contributed by atoms with Crippen LogP contribution in [0, 0.1) is 13.0 Å². The van der Waals surface area contributed by atoms with E-state index in [0.717, 1.165) is 29.2 Å². The molecule has 8 nitrogen and oxygen atoms in total. The molecule has 0 bridgehead atoms. The average molecular weight is 504 g/mol. The quantitative estimate of drug-likeness (QED) is 0.394. The Bertz CT molecular complexity index is 1520. The molecule has 185 valence electrons. The van der Waals surface area contributed by atoms with E-state index in [1.165, 1.54) is 37.4 Å². The number of hydrogen-bond acceptors (Lipinski definition) is 6. The van der Waals surface area contributed by atoms with Gasteiger partial charge >= 0.3 is 0 Å². The number of carbonyl (C=O) groups is 1. The molecule has 3 heterocycles. The number of primary amides is 1. The van der Waals surface area contributed by atoms with E-state index in [-0.39, 0.29) is 21.5 Å². The zero-order valence-electron chi connectivity index (χ0n) is 20.0. The Balaban J connectivity index is 1.50. The van der Waals surface area contributed by atoms with Crippen molar-refractivity contribution in [3.63, 3.8) is 0 Å². The SMILES string of the molecule is Cc1ccc(S(=O)(=O)n2c[c]c3c(C(N)=O)c(-c4cccc(OCCN5CCCC5)c4)cnc32)cc1. The number of likely N-dealkylation sites (tertiary alicyclic amines) is 1. The van der Waals surface area contributed by atoms with Crippen LogP contribution in [0.1, 0.15) is 28.8 Å². The van der Waals surface area contributed by atoms with Crippen molar-refractivity contribution in [3.8, 4) is 16.9 Å². The predicted octanol–water partition coefficient (Wildman–Crippen LogP) is 3.62.